The molecule has 0 atom stereocenters. The Labute approximate surface area is 109 Å². The molecule has 18 heavy (non-hydrogen) atoms. The number of ether oxygens (including phenoxy) is 2. The van der Waals surface area contributed by atoms with Gasteiger partial charge in [-0.15, -0.1) is 0 Å². The van der Waals surface area contributed by atoms with Gasteiger partial charge in [-0.05, 0) is 26.7 Å². The van der Waals surface area contributed by atoms with Gasteiger partial charge in [0.2, 0.25) is 0 Å². The zero-order valence-corrected chi connectivity index (χ0v) is 11.8. The molecular weight excluding hydrogens is 232 g/mol. The number of rotatable bonds is 6. The maximum Gasteiger partial charge on any atom is 0.334 e. The van der Waals surface area contributed by atoms with E-state index in [4.69, 9.17) is 9.47 Å². The topological polar surface area (TPSA) is 52.6 Å². The van der Waals surface area contributed by atoms with Crippen LogP contribution in [-0.2, 0) is 19.1 Å². The summed E-state index contributed by atoms with van der Waals surface area (Å²) in [5.74, 6) is -0.714. The van der Waals surface area contributed by atoms with Gasteiger partial charge in [0.25, 0.3) is 0 Å². The van der Waals surface area contributed by atoms with Gasteiger partial charge >= 0.3 is 11.9 Å². The summed E-state index contributed by atoms with van der Waals surface area (Å²) in [5.41, 5.74) is 1.93. The Hall–Kier alpha value is -1.58. The van der Waals surface area contributed by atoms with Gasteiger partial charge in [-0.1, -0.05) is 26.0 Å². The fourth-order valence-corrected chi connectivity index (χ4v) is 1.49. The SMILES string of the molecule is C=C(C)C(=O)OCCOC(=O)C(=C(C)C)C(C)C. The highest BCUT2D eigenvalue weighted by Crippen LogP contribution is 2.16. The zero-order valence-electron chi connectivity index (χ0n) is 11.8. The van der Waals surface area contributed by atoms with E-state index < -0.39 is 5.97 Å². The average molecular weight is 254 g/mol. The lowest BCUT2D eigenvalue weighted by Crippen LogP contribution is -2.18. The summed E-state index contributed by atoms with van der Waals surface area (Å²) in [7, 11) is 0. The summed E-state index contributed by atoms with van der Waals surface area (Å²) in [5, 5.41) is 0. The van der Waals surface area contributed by atoms with E-state index in [9.17, 15) is 9.59 Å². The fraction of sp³-hybridized carbons (Fsp3) is 0.571. The van der Waals surface area contributed by atoms with Crippen LogP contribution in [0.25, 0.3) is 0 Å². The van der Waals surface area contributed by atoms with Crippen molar-refractivity contribution in [2.24, 2.45) is 5.92 Å². The van der Waals surface area contributed by atoms with Crippen LogP contribution in [0, 0.1) is 5.92 Å². The van der Waals surface area contributed by atoms with Crippen molar-refractivity contribution < 1.29 is 19.1 Å². The third-order valence-electron chi connectivity index (χ3n) is 2.23. The van der Waals surface area contributed by atoms with Crippen LogP contribution in [0.5, 0.6) is 0 Å². The molecule has 0 fully saturated rings. The normalized spacial score (nSPS) is 9.89. The van der Waals surface area contributed by atoms with Crippen molar-refractivity contribution in [2.45, 2.75) is 34.6 Å². The number of allylic oxidation sites excluding steroid dienone is 1. The third kappa shape index (κ3) is 5.66. The molecule has 0 aromatic rings. The minimum atomic E-state index is -0.475. The summed E-state index contributed by atoms with van der Waals surface area (Å²) in [4.78, 5) is 22.8. The predicted molar refractivity (Wildman–Crippen MR) is 69.9 cm³/mol. The van der Waals surface area contributed by atoms with E-state index in [1.165, 1.54) is 0 Å². The van der Waals surface area contributed by atoms with Gasteiger partial charge < -0.3 is 9.47 Å². The van der Waals surface area contributed by atoms with Crippen LogP contribution in [-0.4, -0.2) is 25.2 Å². The van der Waals surface area contributed by atoms with E-state index in [1.54, 1.807) is 6.92 Å². The first-order chi connectivity index (χ1) is 8.27. The van der Waals surface area contributed by atoms with Crippen LogP contribution >= 0.6 is 0 Å². The molecule has 0 N–H and O–H groups in total. The smallest absolute Gasteiger partial charge is 0.334 e. The van der Waals surface area contributed by atoms with E-state index >= 15 is 0 Å². The van der Waals surface area contributed by atoms with E-state index in [0.29, 0.717) is 11.1 Å². The average Bonchev–Trinajstić information content (AvgIpc) is 2.22. The van der Waals surface area contributed by atoms with E-state index in [1.807, 2.05) is 27.7 Å². The van der Waals surface area contributed by atoms with Crippen LogP contribution in [0.1, 0.15) is 34.6 Å². The monoisotopic (exact) mass is 254 g/mol. The maximum atomic E-state index is 11.8. The van der Waals surface area contributed by atoms with Crippen molar-refractivity contribution in [3.05, 3.63) is 23.3 Å². The molecule has 0 aromatic heterocycles. The fourth-order valence-electron chi connectivity index (χ4n) is 1.49. The number of hydrogen-bond acceptors (Lipinski definition) is 4. The predicted octanol–water partition coefficient (Wildman–Crippen LogP) is 2.64. The quantitative estimate of drug-likeness (QED) is 0.415. The van der Waals surface area contributed by atoms with Crippen molar-refractivity contribution in [3.63, 3.8) is 0 Å². The first kappa shape index (κ1) is 16.4. The van der Waals surface area contributed by atoms with Gasteiger partial charge in [-0.3, -0.25) is 0 Å². The summed E-state index contributed by atoms with van der Waals surface area (Å²) >= 11 is 0. The Morgan fingerprint density at radius 1 is 1.00 bits per heavy atom. The molecule has 4 nitrogen and oxygen atoms in total. The van der Waals surface area contributed by atoms with E-state index in [-0.39, 0.29) is 25.1 Å². The molecule has 0 aromatic carbocycles. The van der Waals surface area contributed by atoms with E-state index in [0.717, 1.165) is 5.57 Å². The van der Waals surface area contributed by atoms with Gasteiger partial charge in [0.1, 0.15) is 13.2 Å². The maximum absolute atomic E-state index is 11.8. The van der Waals surface area contributed by atoms with E-state index in [2.05, 4.69) is 6.58 Å². The highest BCUT2D eigenvalue weighted by atomic mass is 16.6. The Kier molecular flexibility index (Phi) is 7.01. The lowest BCUT2D eigenvalue weighted by Gasteiger charge is -2.13. The Bertz CT molecular complexity index is 360. The van der Waals surface area contributed by atoms with Gasteiger partial charge in [-0.25, -0.2) is 9.59 Å². The molecule has 0 spiro atoms. The van der Waals surface area contributed by atoms with Crippen LogP contribution < -0.4 is 0 Å². The summed E-state index contributed by atoms with van der Waals surface area (Å²) < 4.78 is 9.88. The third-order valence-corrected chi connectivity index (χ3v) is 2.23. The van der Waals surface area contributed by atoms with Crippen molar-refractivity contribution in [1.82, 2.24) is 0 Å². The Morgan fingerprint density at radius 2 is 1.44 bits per heavy atom. The highest BCUT2D eigenvalue weighted by molar-refractivity contribution is 5.89. The zero-order chi connectivity index (χ0) is 14.3. The van der Waals surface area contributed by atoms with Gasteiger partial charge in [-0.2, -0.15) is 0 Å². The molecule has 0 aliphatic carbocycles. The minimum absolute atomic E-state index is 0.0472. The molecule has 0 unspecified atom stereocenters. The molecule has 102 valence electrons. The molecule has 0 heterocycles. The Balaban J connectivity index is 4.16. The van der Waals surface area contributed by atoms with Gasteiger partial charge in [0.05, 0.1) is 0 Å². The van der Waals surface area contributed by atoms with Crippen LogP contribution in [0.15, 0.2) is 23.3 Å². The summed E-state index contributed by atoms with van der Waals surface area (Å²) in [6.07, 6.45) is 0. The molecule has 4 heteroatoms. The summed E-state index contributed by atoms with van der Waals surface area (Å²) in [6.45, 7) is 12.7. The standard InChI is InChI=1S/C14H22O4/c1-9(2)12(10(3)4)14(16)18-8-7-17-13(15)11(5)6/h9H,5,7-8H2,1-4,6H3. The molecule has 0 bridgehead atoms. The molecule has 0 aliphatic rings. The number of carbonyl (C=O) groups is 2. The number of esters is 2. The number of carbonyl (C=O) groups excluding carboxylic acids is 2. The molecular formula is C14H22O4. The lowest BCUT2D eigenvalue weighted by molar-refractivity contribution is -0.147. The minimum Gasteiger partial charge on any atom is -0.459 e. The van der Waals surface area contributed by atoms with Crippen LogP contribution in [0.2, 0.25) is 0 Å². The molecule has 0 amide bonds. The van der Waals surface area contributed by atoms with Crippen molar-refractivity contribution in [2.75, 3.05) is 13.2 Å². The molecule has 0 saturated heterocycles. The first-order valence-electron chi connectivity index (χ1n) is 5.94. The first-order valence-corrected chi connectivity index (χ1v) is 5.94. The van der Waals surface area contributed by atoms with Gasteiger partial charge in [0, 0.05) is 11.1 Å². The molecule has 0 aliphatic heterocycles. The highest BCUT2D eigenvalue weighted by Gasteiger charge is 2.16. The number of hydrogen-bond donors (Lipinski definition) is 0. The molecule has 0 radical (unpaired) electrons. The van der Waals surface area contributed by atoms with Crippen molar-refractivity contribution in [3.8, 4) is 0 Å². The van der Waals surface area contributed by atoms with Gasteiger partial charge in [0.15, 0.2) is 0 Å². The second-order valence-electron chi connectivity index (χ2n) is 4.62. The largest absolute Gasteiger partial charge is 0.459 e. The van der Waals surface area contributed by atoms with Crippen LogP contribution in [0.3, 0.4) is 0 Å². The second kappa shape index (κ2) is 7.69. The molecule has 0 saturated carbocycles. The lowest BCUT2D eigenvalue weighted by atomic mass is 9.99. The van der Waals surface area contributed by atoms with Crippen molar-refractivity contribution >= 4 is 11.9 Å². The van der Waals surface area contributed by atoms with Crippen LogP contribution in [0.4, 0.5) is 0 Å². The Morgan fingerprint density at radius 3 is 1.78 bits per heavy atom. The summed E-state index contributed by atoms with van der Waals surface area (Å²) in [6, 6.07) is 0. The van der Waals surface area contributed by atoms with Crippen molar-refractivity contribution in [1.29, 1.82) is 0 Å². The second-order valence-corrected chi connectivity index (χ2v) is 4.62. The molecule has 0 rings (SSSR count).